The van der Waals surface area contributed by atoms with Gasteiger partial charge >= 0.3 is 7.32 Å². The zero-order valence-corrected chi connectivity index (χ0v) is 20.2. The Kier molecular flexibility index (Phi) is 17.0. The van der Waals surface area contributed by atoms with E-state index in [1.165, 1.54) is 44.2 Å². The third-order valence-electron chi connectivity index (χ3n) is 5.39. The zero-order chi connectivity index (χ0) is 21.9. The van der Waals surface area contributed by atoms with E-state index in [1.54, 1.807) is 0 Å². The average Bonchev–Trinajstić information content (AvgIpc) is 2.76. The second-order valence-electron chi connectivity index (χ2n) is 8.24. The second-order valence-corrected chi connectivity index (χ2v) is 8.24. The van der Waals surface area contributed by atoms with Crippen molar-refractivity contribution < 1.29 is 18.5 Å². The molecule has 30 heavy (non-hydrogen) atoms. The first-order valence-corrected chi connectivity index (χ1v) is 12.6. The van der Waals surface area contributed by atoms with Gasteiger partial charge in [-0.05, 0) is 25.7 Å². The highest BCUT2D eigenvalue weighted by molar-refractivity contribution is 6.36. The van der Waals surface area contributed by atoms with Gasteiger partial charge in [0.15, 0.2) is 6.20 Å². The molecule has 0 N–H and O–H groups in total. The predicted octanol–water partition coefficient (Wildman–Crippen LogP) is 6.81. The smallest absolute Gasteiger partial charge is 0.386 e. The lowest BCUT2D eigenvalue weighted by atomic mass is 10.1. The van der Waals surface area contributed by atoms with Gasteiger partial charge in [-0.15, -0.1) is 0 Å². The number of rotatable bonds is 20. The van der Waals surface area contributed by atoms with Crippen molar-refractivity contribution in [3.05, 3.63) is 30.1 Å². The molecule has 0 bridgehead atoms. The van der Waals surface area contributed by atoms with Gasteiger partial charge in [0.25, 0.3) is 0 Å². The molecule has 0 aliphatic carbocycles. The molecule has 0 spiro atoms. The summed E-state index contributed by atoms with van der Waals surface area (Å²) in [5.74, 6) is 0. The first-order valence-electron chi connectivity index (χ1n) is 12.6. The first-order chi connectivity index (χ1) is 14.8. The van der Waals surface area contributed by atoms with Crippen LogP contribution in [0.1, 0.15) is 117 Å². The fourth-order valence-electron chi connectivity index (χ4n) is 3.50. The second kappa shape index (κ2) is 18.8. The van der Waals surface area contributed by atoms with Crippen LogP contribution in [0.2, 0.25) is 0 Å². The Morgan fingerprint density at radius 2 is 1.40 bits per heavy atom. The third kappa shape index (κ3) is 12.1. The summed E-state index contributed by atoms with van der Waals surface area (Å²) in [4.78, 5) is 0. The molecule has 1 aromatic heterocycles. The summed E-state index contributed by atoms with van der Waals surface area (Å²) in [6.07, 6.45) is 16.3. The lowest BCUT2D eigenvalue weighted by Gasteiger charge is -2.21. The molecule has 1 rings (SSSR count). The van der Waals surface area contributed by atoms with E-state index in [2.05, 4.69) is 56.7 Å². The molecule has 0 radical (unpaired) electrons. The highest BCUT2D eigenvalue weighted by Crippen LogP contribution is 2.22. The van der Waals surface area contributed by atoms with Crippen LogP contribution >= 0.6 is 0 Å². The molecule has 1 aromatic rings. The van der Waals surface area contributed by atoms with Crippen LogP contribution in [0.5, 0.6) is 0 Å². The minimum Gasteiger partial charge on any atom is -0.386 e. The number of unbranched alkanes of at least 4 members (excludes halogenated alkanes) is 7. The summed E-state index contributed by atoms with van der Waals surface area (Å²) in [6.45, 7) is 11.2. The molecule has 0 saturated carbocycles. The Morgan fingerprint density at radius 1 is 0.767 bits per heavy atom. The Balaban J connectivity index is 2.74. The monoisotopic (exact) mass is 420 g/mol. The van der Waals surface area contributed by atoms with Gasteiger partial charge in [0.1, 0.15) is 12.6 Å². The fraction of sp³-hybridized carbons (Fsp3) is 0.800. The quantitative estimate of drug-likeness (QED) is 0.132. The lowest BCUT2D eigenvalue weighted by molar-refractivity contribution is -0.707. The fourth-order valence-corrected chi connectivity index (χ4v) is 3.50. The van der Waals surface area contributed by atoms with Gasteiger partial charge in [0.05, 0.1) is 0 Å². The molecular formula is C25H47BNO3+. The van der Waals surface area contributed by atoms with Crippen LogP contribution in [0.25, 0.3) is 0 Å². The van der Waals surface area contributed by atoms with Gasteiger partial charge in [0.2, 0.25) is 5.69 Å². The van der Waals surface area contributed by atoms with E-state index >= 15 is 0 Å². The van der Waals surface area contributed by atoms with Crippen molar-refractivity contribution in [2.45, 2.75) is 117 Å². The van der Waals surface area contributed by atoms with Crippen molar-refractivity contribution in [3.8, 4) is 0 Å². The number of hydrogen-bond donors (Lipinski definition) is 0. The van der Waals surface area contributed by atoms with Gasteiger partial charge in [0, 0.05) is 31.8 Å². The number of nitrogens with zero attached hydrogens (tertiary/aromatic N) is 1. The van der Waals surface area contributed by atoms with Crippen LogP contribution in [0.4, 0.5) is 0 Å². The summed E-state index contributed by atoms with van der Waals surface area (Å²) in [5, 5.41) is 0. The van der Waals surface area contributed by atoms with Crippen molar-refractivity contribution in [1.29, 1.82) is 0 Å². The Morgan fingerprint density at radius 3 is 2.03 bits per heavy atom. The maximum absolute atomic E-state index is 6.41. The van der Waals surface area contributed by atoms with E-state index in [4.69, 9.17) is 14.0 Å². The predicted molar refractivity (Wildman–Crippen MR) is 126 cm³/mol. The number of pyridine rings is 1. The van der Waals surface area contributed by atoms with Gasteiger partial charge < -0.3 is 14.0 Å². The van der Waals surface area contributed by atoms with Crippen LogP contribution in [0.15, 0.2) is 24.4 Å². The van der Waals surface area contributed by atoms with E-state index in [-0.39, 0.29) is 6.10 Å². The Labute approximate surface area is 186 Å². The van der Waals surface area contributed by atoms with Crippen LogP contribution < -0.4 is 4.57 Å². The van der Waals surface area contributed by atoms with E-state index in [1.807, 2.05) is 0 Å². The molecule has 4 nitrogen and oxygen atoms in total. The summed E-state index contributed by atoms with van der Waals surface area (Å²) in [7, 11) is -0.581. The summed E-state index contributed by atoms with van der Waals surface area (Å²) >= 11 is 0. The summed E-state index contributed by atoms with van der Waals surface area (Å²) in [5.41, 5.74) is 1.23. The van der Waals surface area contributed by atoms with Crippen molar-refractivity contribution in [1.82, 2.24) is 0 Å². The molecule has 1 atom stereocenters. The molecule has 0 aromatic carbocycles. The SMILES string of the molecule is CCCCCCCC[n+]1ccccc1C(CCC)OB(OCCCC)OCCCC. The third-order valence-corrected chi connectivity index (χ3v) is 5.39. The summed E-state index contributed by atoms with van der Waals surface area (Å²) in [6, 6.07) is 6.44. The van der Waals surface area contributed by atoms with Crippen LogP contribution in [0.3, 0.4) is 0 Å². The lowest BCUT2D eigenvalue weighted by Crippen LogP contribution is -2.41. The first kappa shape index (κ1) is 27.1. The Hall–Kier alpha value is -0.905. The van der Waals surface area contributed by atoms with Crippen LogP contribution in [-0.2, 0) is 20.5 Å². The van der Waals surface area contributed by atoms with Crippen molar-refractivity contribution >= 4 is 7.32 Å². The van der Waals surface area contributed by atoms with Crippen LogP contribution in [-0.4, -0.2) is 20.5 Å². The molecule has 0 saturated heterocycles. The molecular weight excluding hydrogens is 373 g/mol. The standard InChI is InChI=1S/C25H47BNO3/c1-5-9-12-13-14-16-20-27-21-17-15-19-24(27)25(18-8-4)30-26(28-22-10-6-2)29-23-11-7-3/h15,17,19,21,25H,5-14,16,18,20,22-23H2,1-4H3/q+1. The topological polar surface area (TPSA) is 31.6 Å². The molecule has 5 heteroatoms. The molecule has 172 valence electrons. The van der Waals surface area contributed by atoms with E-state index in [0.29, 0.717) is 13.2 Å². The largest absolute Gasteiger partial charge is 0.640 e. The van der Waals surface area contributed by atoms with Crippen molar-refractivity contribution in [3.63, 3.8) is 0 Å². The number of hydrogen-bond acceptors (Lipinski definition) is 3. The molecule has 0 amide bonds. The minimum absolute atomic E-state index is 0.00968. The molecule has 1 unspecified atom stereocenters. The maximum atomic E-state index is 6.41. The van der Waals surface area contributed by atoms with Gasteiger partial charge in [-0.25, -0.2) is 4.57 Å². The van der Waals surface area contributed by atoms with Crippen molar-refractivity contribution in [2.24, 2.45) is 0 Å². The number of aryl methyl sites for hydroxylation is 1. The Bertz CT molecular complexity index is 505. The highest BCUT2D eigenvalue weighted by atomic mass is 16.7. The average molecular weight is 420 g/mol. The van der Waals surface area contributed by atoms with E-state index < -0.39 is 7.32 Å². The molecule has 0 aliphatic heterocycles. The highest BCUT2D eigenvalue weighted by Gasteiger charge is 2.30. The molecule has 0 fully saturated rings. The molecule has 1 heterocycles. The summed E-state index contributed by atoms with van der Waals surface area (Å²) < 4.78 is 20.7. The molecule has 0 aliphatic rings. The zero-order valence-electron chi connectivity index (χ0n) is 20.2. The maximum Gasteiger partial charge on any atom is 0.640 e. The van der Waals surface area contributed by atoms with Gasteiger partial charge in [-0.2, -0.15) is 0 Å². The van der Waals surface area contributed by atoms with Gasteiger partial charge in [-0.3, -0.25) is 0 Å². The van der Waals surface area contributed by atoms with Crippen LogP contribution in [0, 0.1) is 0 Å². The van der Waals surface area contributed by atoms with Crippen molar-refractivity contribution in [2.75, 3.05) is 13.2 Å². The van der Waals surface area contributed by atoms with E-state index in [9.17, 15) is 0 Å². The van der Waals surface area contributed by atoms with E-state index in [0.717, 1.165) is 45.1 Å². The number of aromatic nitrogens is 1. The minimum atomic E-state index is -0.581. The van der Waals surface area contributed by atoms with Gasteiger partial charge in [-0.1, -0.05) is 78.7 Å². The normalized spacial score (nSPS) is 12.3.